The van der Waals surface area contributed by atoms with Crippen molar-refractivity contribution in [1.29, 1.82) is 0 Å². The van der Waals surface area contributed by atoms with E-state index in [0.29, 0.717) is 0 Å². The quantitative estimate of drug-likeness (QED) is 0.242. The van der Waals surface area contributed by atoms with Crippen molar-refractivity contribution >= 4 is 11.4 Å². The highest BCUT2D eigenvalue weighted by Gasteiger charge is 2.37. The van der Waals surface area contributed by atoms with Gasteiger partial charge in [-0.25, -0.2) is 0 Å². The van der Waals surface area contributed by atoms with Crippen molar-refractivity contribution in [3.63, 3.8) is 0 Å². The Kier molecular flexibility index (Phi) is 5.86. The van der Waals surface area contributed by atoms with E-state index in [0.717, 1.165) is 11.4 Å². The number of hydrogen-bond donors (Lipinski definition) is 1. The van der Waals surface area contributed by atoms with Gasteiger partial charge in [0, 0.05) is 16.8 Å². The summed E-state index contributed by atoms with van der Waals surface area (Å²) in [6, 6.07) is 52.4. The van der Waals surface area contributed by atoms with Crippen LogP contribution in [-0.2, 0) is 5.41 Å². The molecular formula is C39H31N. The molecule has 0 fully saturated rings. The summed E-state index contributed by atoms with van der Waals surface area (Å²) in [5.41, 5.74) is 14.9. The summed E-state index contributed by atoms with van der Waals surface area (Å²) in [7, 11) is 0. The topological polar surface area (TPSA) is 12.0 Å². The minimum absolute atomic E-state index is 0.0800. The second-order valence-corrected chi connectivity index (χ2v) is 11.1. The van der Waals surface area contributed by atoms with E-state index in [2.05, 4.69) is 165 Å². The first kappa shape index (κ1) is 24.2. The second-order valence-electron chi connectivity index (χ2n) is 11.1. The van der Waals surface area contributed by atoms with E-state index < -0.39 is 0 Å². The lowest BCUT2D eigenvalue weighted by Crippen LogP contribution is -2.16. The van der Waals surface area contributed by atoms with Gasteiger partial charge in [-0.15, -0.1) is 0 Å². The molecule has 40 heavy (non-hydrogen) atoms. The molecule has 6 aromatic rings. The van der Waals surface area contributed by atoms with Crippen LogP contribution in [0.4, 0.5) is 11.4 Å². The highest BCUT2D eigenvalue weighted by molar-refractivity contribution is 5.90. The summed E-state index contributed by atoms with van der Waals surface area (Å²) in [5.74, 6) is 0. The van der Waals surface area contributed by atoms with Crippen LogP contribution in [0.1, 0.15) is 25.0 Å². The normalized spacial score (nSPS) is 12.9. The van der Waals surface area contributed by atoms with Crippen molar-refractivity contribution in [3.05, 3.63) is 157 Å². The van der Waals surface area contributed by atoms with Crippen LogP contribution in [0.3, 0.4) is 0 Å². The van der Waals surface area contributed by atoms with Crippen LogP contribution in [0.25, 0.3) is 44.5 Å². The van der Waals surface area contributed by atoms with E-state index in [4.69, 9.17) is 0 Å². The van der Waals surface area contributed by atoms with Gasteiger partial charge in [0.25, 0.3) is 0 Å². The lowest BCUT2D eigenvalue weighted by atomic mass is 9.79. The average Bonchev–Trinajstić information content (AvgIpc) is 3.24. The van der Waals surface area contributed by atoms with Crippen LogP contribution in [0.15, 0.2) is 146 Å². The van der Waals surface area contributed by atoms with E-state index in [1.807, 2.05) is 0 Å². The molecule has 0 saturated heterocycles. The van der Waals surface area contributed by atoms with E-state index in [-0.39, 0.29) is 5.41 Å². The van der Waals surface area contributed by atoms with Crippen molar-refractivity contribution < 1.29 is 0 Å². The van der Waals surface area contributed by atoms with Gasteiger partial charge in [0.2, 0.25) is 0 Å². The molecule has 1 nitrogen and oxygen atoms in total. The summed E-state index contributed by atoms with van der Waals surface area (Å²) >= 11 is 0. The molecule has 0 unspecified atom stereocenters. The lowest BCUT2D eigenvalue weighted by Gasteiger charge is -2.24. The number of nitrogens with one attached hydrogen (secondary N) is 1. The van der Waals surface area contributed by atoms with Gasteiger partial charge in [0.15, 0.2) is 0 Å². The van der Waals surface area contributed by atoms with Crippen LogP contribution < -0.4 is 5.32 Å². The Hall–Kier alpha value is -4.88. The van der Waals surface area contributed by atoms with Crippen molar-refractivity contribution in [2.45, 2.75) is 19.3 Å². The van der Waals surface area contributed by atoms with Gasteiger partial charge in [0.05, 0.1) is 0 Å². The Balaban J connectivity index is 1.31. The number of rotatable bonds is 5. The molecule has 1 N–H and O–H groups in total. The largest absolute Gasteiger partial charge is 0.355 e. The van der Waals surface area contributed by atoms with E-state index in [1.165, 1.54) is 55.6 Å². The molecule has 6 aromatic carbocycles. The summed E-state index contributed by atoms with van der Waals surface area (Å²) in [6.45, 7) is 4.71. The zero-order valence-corrected chi connectivity index (χ0v) is 22.9. The summed E-state index contributed by atoms with van der Waals surface area (Å²) in [4.78, 5) is 0. The molecule has 0 heterocycles. The van der Waals surface area contributed by atoms with Crippen LogP contribution in [-0.4, -0.2) is 0 Å². The van der Waals surface area contributed by atoms with Gasteiger partial charge in [-0.2, -0.15) is 0 Å². The zero-order chi connectivity index (χ0) is 27.1. The minimum Gasteiger partial charge on any atom is -0.355 e. The summed E-state index contributed by atoms with van der Waals surface area (Å²) in [5, 5.41) is 3.76. The smallest absolute Gasteiger partial charge is 0.0396 e. The zero-order valence-electron chi connectivity index (χ0n) is 22.9. The number of anilines is 2. The highest BCUT2D eigenvalue weighted by atomic mass is 14.9. The fourth-order valence-electron chi connectivity index (χ4n) is 6.29. The monoisotopic (exact) mass is 513 g/mol. The molecule has 7 rings (SSSR count). The second kappa shape index (κ2) is 9.70. The third kappa shape index (κ3) is 4.21. The van der Waals surface area contributed by atoms with Crippen molar-refractivity contribution in [1.82, 2.24) is 0 Å². The number of fused-ring (bicyclic) bond motifs is 3. The number of benzene rings is 6. The molecular weight excluding hydrogens is 482 g/mol. The first-order valence-electron chi connectivity index (χ1n) is 13.9. The van der Waals surface area contributed by atoms with Gasteiger partial charge >= 0.3 is 0 Å². The van der Waals surface area contributed by atoms with Crippen molar-refractivity contribution in [2.75, 3.05) is 5.32 Å². The third-order valence-corrected chi connectivity index (χ3v) is 8.19. The maximum Gasteiger partial charge on any atom is 0.0396 e. The van der Waals surface area contributed by atoms with Gasteiger partial charge in [-0.3, -0.25) is 0 Å². The summed E-state index contributed by atoms with van der Waals surface area (Å²) < 4.78 is 0. The van der Waals surface area contributed by atoms with E-state index >= 15 is 0 Å². The van der Waals surface area contributed by atoms with Gasteiger partial charge in [-0.05, 0) is 86.0 Å². The van der Waals surface area contributed by atoms with Gasteiger partial charge in [0.1, 0.15) is 0 Å². The van der Waals surface area contributed by atoms with Crippen molar-refractivity contribution in [2.24, 2.45) is 0 Å². The molecule has 1 aliphatic rings. The summed E-state index contributed by atoms with van der Waals surface area (Å²) in [6.07, 6.45) is 0. The maximum atomic E-state index is 3.76. The Morgan fingerprint density at radius 1 is 0.400 bits per heavy atom. The van der Waals surface area contributed by atoms with Crippen LogP contribution in [0, 0.1) is 0 Å². The van der Waals surface area contributed by atoms with E-state index in [1.54, 1.807) is 0 Å². The molecule has 0 saturated carbocycles. The Morgan fingerprint density at radius 2 is 0.950 bits per heavy atom. The Labute approximate surface area is 236 Å². The number of hydrogen-bond acceptors (Lipinski definition) is 1. The average molecular weight is 514 g/mol. The molecule has 1 heteroatoms. The molecule has 0 spiro atoms. The molecule has 192 valence electrons. The van der Waals surface area contributed by atoms with E-state index in [9.17, 15) is 0 Å². The van der Waals surface area contributed by atoms with Crippen LogP contribution >= 0.6 is 0 Å². The van der Waals surface area contributed by atoms with Gasteiger partial charge in [-0.1, -0.05) is 129 Å². The highest BCUT2D eigenvalue weighted by Crippen LogP contribution is 2.52. The first-order chi connectivity index (χ1) is 19.6. The minimum atomic E-state index is -0.0800. The lowest BCUT2D eigenvalue weighted by molar-refractivity contribution is 0.662. The van der Waals surface area contributed by atoms with Crippen LogP contribution in [0.5, 0.6) is 0 Å². The molecule has 0 atom stereocenters. The Morgan fingerprint density at radius 3 is 1.55 bits per heavy atom. The SMILES string of the molecule is CC1(C)c2ccc(Nc3cc(-c4ccccc4)cc(-c4ccccc4)c3)cc2-c2cccc(-c3ccccc3)c21. The molecule has 0 amide bonds. The molecule has 0 aromatic heterocycles. The fourth-order valence-corrected chi connectivity index (χ4v) is 6.29. The molecule has 0 radical (unpaired) electrons. The Bertz CT molecular complexity index is 1760. The predicted octanol–water partition coefficient (Wildman–Crippen LogP) is 10.7. The fraction of sp³-hybridized carbons (Fsp3) is 0.0769. The van der Waals surface area contributed by atoms with Gasteiger partial charge < -0.3 is 5.32 Å². The first-order valence-corrected chi connectivity index (χ1v) is 13.9. The van der Waals surface area contributed by atoms with Crippen LogP contribution in [0.2, 0.25) is 0 Å². The third-order valence-electron chi connectivity index (χ3n) is 8.19. The standard InChI is InChI=1S/C39H31N/c1-39(2)37-22-21-32(26-36(37)35-20-12-19-34(38(35)39)29-17-10-5-11-18-29)40-33-24-30(27-13-6-3-7-14-27)23-31(25-33)28-15-8-4-9-16-28/h3-26,40H,1-2H3. The molecule has 0 aliphatic heterocycles. The molecule has 0 bridgehead atoms. The molecule has 1 aliphatic carbocycles. The van der Waals surface area contributed by atoms with Crippen molar-refractivity contribution in [3.8, 4) is 44.5 Å². The predicted molar refractivity (Wildman–Crippen MR) is 170 cm³/mol. The maximum absolute atomic E-state index is 3.76.